The number of aliphatic imine (C=N–C) groups is 1. The Kier molecular flexibility index (Phi) is 5.42. The highest BCUT2D eigenvalue weighted by Crippen LogP contribution is 2.29. The van der Waals surface area contributed by atoms with Gasteiger partial charge >= 0.3 is 5.97 Å². The zero-order valence-electron chi connectivity index (χ0n) is 16.3. The van der Waals surface area contributed by atoms with E-state index in [0.717, 1.165) is 38.1 Å². The molecule has 0 spiro atoms. The average molecular weight is 390 g/mol. The summed E-state index contributed by atoms with van der Waals surface area (Å²) in [5.41, 5.74) is 1.52. The van der Waals surface area contributed by atoms with E-state index in [1.165, 1.54) is 7.11 Å². The molecule has 0 saturated carbocycles. The fourth-order valence-corrected chi connectivity index (χ4v) is 3.61. The summed E-state index contributed by atoms with van der Waals surface area (Å²) in [6.45, 7) is 0.777. The lowest BCUT2D eigenvalue weighted by Gasteiger charge is -2.18. The molecule has 1 saturated heterocycles. The summed E-state index contributed by atoms with van der Waals surface area (Å²) >= 11 is 0. The van der Waals surface area contributed by atoms with Crippen molar-refractivity contribution < 1.29 is 19.1 Å². The Hall–Kier alpha value is -3.41. The van der Waals surface area contributed by atoms with Crippen LogP contribution >= 0.6 is 0 Å². The van der Waals surface area contributed by atoms with Crippen LogP contribution in [0.2, 0.25) is 0 Å². The highest BCUT2D eigenvalue weighted by Gasteiger charge is 2.30. The molecule has 0 aliphatic carbocycles. The molecule has 2 aliphatic heterocycles. The zero-order valence-corrected chi connectivity index (χ0v) is 16.3. The van der Waals surface area contributed by atoms with Crippen LogP contribution in [0.1, 0.15) is 41.6 Å². The number of carbonyl (C=O) groups excluding carboxylic acids is 2. The number of fused-ring (bicyclic) bond motifs is 1. The maximum atomic E-state index is 12.7. The van der Waals surface area contributed by atoms with Crippen LogP contribution in [0.5, 0.6) is 11.5 Å². The second-order valence-corrected chi connectivity index (χ2v) is 6.95. The van der Waals surface area contributed by atoms with E-state index in [9.17, 15) is 9.59 Å². The largest absolute Gasteiger partial charge is 0.496 e. The number of nitrogens with zero attached hydrogens (tertiary/aromatic N) is 2. The average Bonchev–Trinajstić information content (AvgIpc) is 2.90. The van der Waals surface area contributed by atoms with Crippen LogP contribution in [0.25, 0.3) is 6.08 Å². The molecule has 2 heterocycles. The first-order valence-corrected chi connectivity index (χ1v) is 9.73. The van der Waals surface area contributed by atoms with Crippen molar-refractivity contribution in [3.05, 3.63) is 65.4 Å². The van der Waals surface area contributed by atoms with Gasteiger partial charge in [-0.15, -0.1) is 0 Å². The molecular formula is C23H22N2O4. The predicted molar refractivity (Wildman–Crippen MR) is 110 cm³/mol. The maximum Gasteiger partial charge on any atom is 0.347 e. The molecule has 1 amide bonds. The molecule has 6 nitrogen and oxygen atoms in total. The third-order valence-electron chi connectivity index (χ3n) is 5.07. The quantitative estimate of drug-likeness (QED) is 0.447. The summed E-state index contributed by atoms with van der Waals surface area (Å²) in [5, 5.41) is 0. The van der Waals surface area contributed by atoms with Gasteiger partial charge in [0.1, 0.15) is 28.6 Å². The lowest BCUT2D eigenvalue weighted by molar-refractivity contribution is -0.114. The van der Waals surface area contributed by atoms with E-state index in [4.69, 9.17) is 9.47 Å². The van der Waals surface area contributed by atoms with Crippen LogP contribution < -0.4 is 9.47 Å². The van der Waals surface area contributed by atoms with Gasteiger partial charge in [-0.05, 0) is 37.1 Å². The first-order valence-electron chi connectivity index (χ1n) is 9.73. The predicted octanol–water partition coefficient (Wildman–Crippen LogP) is 4.07. The van der Waals surface area contributed by atoms with E-state index in [1.807, 2.05) is 17.0 Å². The molecule has 2 aromatic rings. The molecule has 4 rings (SSSR count). The van der Waals surface area contributed by atoms with Gasteiger partial charge in [0.15, 0.2) is 0 Å². The van der Waals surface area contributed by atoms with E-state index in [0.29, 0.717) is 28.3 Å². The topological polar surface area (TPSA) is 68.2 Å². The van der Waals surface area contributed by atoms with Gasteiger partial charge in [0.2, 0.25) is 0 Å². The van der Waals surface area contributed by atoms with Crippen LogP contribution in [0.15, 0.2) is 59.2 Å². The van der Waals surface area contributed by atoms with Crippen molar-refractivity contribution in [1.82, 2.24) is 4.90 Å². The number of amidine groups is 1. The minimum atomic E-state index is -0.516. The Bertz CT molecular complexity index is 1010. The summed E-state index contributed by atoms with van der Waals surface area (Å²) in [5.74, 6) is 0.904. The Morgan fingerprint density at radius 2 is 1.79 bits per heavy atom. The number of amides is 1. The molecule has 0 N–H and O–H groups in total. The molecule has 148 valence electrons. The number of para-hydroxylation sites is 2. The fraction of sp³-hybridized carbons (Fsp3) is 0.261. The van der Waals surface area contributed by atoms with Crippen molar-refractivity contribution in [2.45, 2.75) is 25.7 Å². The molecular weight excluding hydrogens is 368 g/mol. The number of methoxy groups -OCH3 is 1. The molecule has 0 bridgehead atoms. The first kappa shape index (κ1) is 18.9. The third-order valence-corrected chi connectivity index (χ3v) is 5.07. The molecule has 0 unspecified atom stereocenters. The van der Waals surface area contributed by atoms with Crippen molar-refractivity contribution in [2.24, 2.45) is 4.99 Å². The number of carbonyl (C=O) groups is 2. The summed E-state index contributed by atoms with van der Waals surface area (Å²) < 4.78 is 10.9. The zero-order chi connectivity index (χ0) is 20.2. The van der Waals surface area contributed by atoms with Gasteiger partial charge in [-0.3, -0.25) is 4.79 Å². The highest BCUT2D eigenvalue weighted by atomic mass is 16.5. The number of rotatable bonds is 4. The lowest BCUT2D eigenvalue weighted by atomic mass is 10.1. The summed E-state index contributed by atoms with van der Waals surface area (Å²) in [4.78, 5) is 31.4. The van der Waals surface area contributed by atoms with Crippen molar-refractivity contribution in [3.63, 3.8) is 0 Å². The van der Waals surface area contributed by atoms with Gasteiger partial charge in [0.05, 0.1) is 7.11 Å². The maximum absolute atomic E-state index is 12.7. The molecule has 29 heavy (non-hydrogen) atoms. The summed E-state index contributed by atoms with van der Waals surface area (Å²) in [7, 11) is 1.51. The fourth-order valence-electron chi connectivity index (χ4n) is 3.61. The van der Waals surface area contributed by atoms with E-state index in [2.05, 4.69) is 4.99 Å². The molecule has 0 aromatic heterocycles. The van der Waals surface area contributed by atoms with Crippen LogP contribution in [-0.4, -0.2) is 36.3 Å². The standard InChI is InChI=1S/C23H22N2O4/c1-28-20-12-7-5-10-17(20)23(27)29-19-11-6-4-9-16(19)15-18-22(26)24-21-13-3-2-8-14-25(18)21/h4-7,9-12,15H,2-3,8,13-14H2,1H3. The van der Waals surface area contributed by atoms with E-state index in [1.54, 1.807) is 42.5 Å². The smallest absolute Gasteiger partial charge is 0.347 e. The Morgan fingerprint density at radius 1 is 1.03 bits per heavy atom. The van der Waals surface area contributed by atoms with Crippen molar-refractivity contribution in [2.75, 3.05) is 13.7 Å². The van der Waals surface area contributed by atoms with Crippen molar-refractivity contribution in [3.8, 4) is 11.5 Å². The molecule has 0 atom stereocenters. The van der Waals surface area contributed by atoms with Crippen molar-refractivity contribution in [1.29, 1.82) is 0 Å². The molecule has 1 fully saturated rings. The molecule has 6 heteroatoms. The van der Waals surface area contributed by atoms with Crippen LogP contribution in [0.3, 0.4) is 0 Å². The van der Waals surface area contributed by atoms with Gasteiger partial charge in [0, 0.05) is 18.5 Å². The Morgan fingerprint density at radius 3 is 2.62 bits per heavy atom. The number of hydrogen-bond donors (Lipinski definition) is 0. The van der Waals surface area contributed by atoms with Crippen LogP contribution in [0.4, 0.5) is 0 Å². The molecule has 2 aromatic carbocycles. The minimum Gasteiger partial charge on any atom is -0.496 e. The van der Waals surface area contributed by atoms with Gasteiger partial charge in [-0.2, -0.15) is 4.99 Å². The highest BCUT2D eigenvalue weighted by molar-refractivity contribution is 6.13. The summed E-state index contributed by atoms with van der Waals surface area (Å²) in [6.07, 6.45) is 5.77. The number of benzene rings is 2. The lowest BCUT2D eigenvalue weighted by Crippen LogP contribution is -2.26. The molecule has 0 radical (unpaired) electrons. The molecule has 2 aliphatic rings. The van der Waals surface area contributed by atoms with Gasteiger partial charge in [-0.25, -0.2) is 4.79 Å². The van der Waals surface area contributed by atoms with E-state index < -0.39 is 5.97 Å². The number of esters is 1. The summed E-state index contributed by atoms with van der Waals surface area (Å²) in [6, 6.07) is 14.1. The number of ether oxygens (including phenoxy) is 2. The minimum absolute atomic E-state index is 0.243. The SMILES string of the molecule is COc1ccccc1C(=O)Oc1ccccc1C=C1C(=O)N=C2CCCCCN12. The van der Waals surface area contributed by atoms with Gasteiger partial charge < -0.3 is 14.4 Å². The third kappa shape index (κ3) is 3.92. The van der Waals surface area contributed by atoms with Gasteiger partial charge in [0.25, 0.3) is 5.91 Å². The van der Waals surface area contributed by atoms with Gasteiger partial charge in [-0.1, -0.05) is 36.8 Å². The van der Waals surface area contributed by atoms with Crippen molar-refractivity contribution >= 4 is 23.8 Å². The first-order chi connectivity index (χ1) is 14.2. The van der Waals surface area contributed by atoms with E-state index in [-0.39, 0.29) is 5.91 Å². The van der Waals surface area contributed by atoms with E-state index >= 15 is 0 Å². The normalized spacial score (nSPS) is 17.6. The number of hydrogen-bond acceptors (Lipinski definition) is 5. The Balaban J connectivity index is 1.63. The van der Waals surface area contributed by atoms with Crippen LogP contribution in [0, 0.1) is 0 Å². The second kappa shape index (κ2) is 8.31. The van der Waals surface area contributed by atoms with Crippen LogP contribution in [-0.2, 0) is 4.79 Å². The second-order valence-electron chi connectivity index (χ2n) is 6.95. The monoisotopic (exact) mass is 390 g/mol. The Labute approximate surface area is 169 Å².